The highest BCUT2D eigenvalue weighted by atomic mass is 32.2. The van der Waals surface area contributed by atoms with Gasteiger partial charge in [-0.3, -0.25) is 14.4 Å². The number of hydrogen-bond donors (Lipinski definition) is 5. The predicted molar refractivity (Wildman–Crippen MR) is 107 cm³/mol. The summed E-state index contributed by atoms with van der Waals surface area (Å²) in [6, 6.07) is 1.05. The van der Waals surface area contributed by atoms with Crippen molar-refractivity contribution >= 4 is 33.4 Å². The molecule has 3 aliphatic rings. The lowest BCUT2D eigenvalue weighted by atomic mass is 9.56. The molecule has 0 aliphatic heterocycles. The number of fused-ring (bicyclic) bond motifs is 3. The second-order valence-corrected chi connectivity index (χ2v) is 10.2. The highest BCUT2D eigenvalue weighted by Gasteiger charge is 2.62. The number of phenolic OH excluding ortho intramolecular Hbond substituents is 1. The van der Waals surface area contributed by atoms with E-state index in [9.17, 15) is 56.4 Å². The third kappa shape index (κ3) is 3.56. The largest absolute Gasteiger partial charge is 0.534 e. The topological polar surface area (TPSA) is 202 Å². The molecule has 5 atom stereocenters. The van der Waals surface area contributed by atoms with Crippen LogP contribution >= 0.6 is 0 Å². The maximum atomic E-state index is 13.3. The van der Waals surface area contributed by atoms with Crippen molar-refractivity contribution in [2.45, 2.75) is 42.4 Å². The van der Waals surface area contributed by atoms with Gasteiger partial charge in [-0.2, -0.15) is 21.6 Å². The molecule has 1 aromatic rings. The fourth-order valence-electron chi connectivity index (χ4n) is 5.19. The van der Waals surface area contributed by atoms with Gasteiger partial charge < -0.3 is 30.3 Å². The summed E-state index contributed by atoms with van der Waals surface area (Å²) < 4.78 is 65.0. The molecule has 35 heavy (non-hydrogen) atoms. The molecule has 0 saturated heterocycles. The molecular weight excluding hydrogens is 503 g/mol. The first-order valence-corrected chi connectivity index (χ1v) is 11.5. The molecule has 0 heterocycles. The minimum absolute atomic E-state index is 0.213. The first-order chi connectivity index (χ1) is 16.0. The van der Waals surface area contributed by atoms with Gasteiger partial charge in [0.1, 0.15) is 17.3 Å². The molecule has 3 aliphatic carbocycles. The maximum Gasteiger partial charge on any atom is 0.534 e. The van der Waals surface area contributed by atoms with Crippen LogP contribution in [0.2, 0.25) is 0 Å². The second kappa shape index (κ2) is 7.66. The fourth-order valence-corrected chi connectivity index (χ4v) is 5.64. The summed E-state index contributed by atoms with van der Waals surface area (Å²) in [4.78, 5) is 38.2. The van der Waals surface area contributed by atoms with E-state index in [1.165, 1.54) is 0 Å². The second-order valence-electron chi connectivity index (χ2n) is 8.68. The number of aliphatic hydroxyl groups excluding tert-OH is 2. The van der Waals surface area contributed by atoms with Gasteiger partial charge in [0.2, 0.25) is 11.7 Å². The molecule has 11 nitrogen and oxygen atoms in total. The number of Topliss-reactive ketones (excluding diaryl/α,β-unsaturated/α-hetero) is 2. The van der Waals surface area contributed by atoms with E-state index in [1.54, 1.807) is 0 Å². The Hall–Kier alpha value is -3.17. The van der Waals surface area contributed by atoms with Gasteiger partial charge in [-0.1, -0.05) is 0 Å². The Labute approximate surface area is 194 Å². The van der Waals surface area contributed by atoms with Gasteiger partial charge in [0.05, 0.1) is 17.6 Å². The lowest BCUT2D eigenvalue weighted by Crippen LogP contribution is -2.62. The van der Waals surface area contributed by atoms with Crippen molar-refractivity contribution in [3.8, 4) is 11.5 Å². The smallest absolute Gasteiger partial charge is 0.507 e. The molecule has 0 aromatic heterocycles. The zero-order valence-electron chi connectivity index (χ0n) is 17.4. The van der Waals surface area contributed by atoms with E-state index in [4.69, 9.17) is 5.73 Å². The number of benzene rings is 1. The summed E-state index contributed by atoms with van der Waals surface area (Å²) in [7, 11) is -6.17. The molecule has 190 valence electrons. The number of aliphatic hydroxyl groups is 3. The van der Waals surface area contributed by atoms with Crippen molar-refractivity contribution in [1.82, 2.24) is 0 Å². The minimum atomic E-state index is -6.17. The van der Waals surface area contributed by atoms with Crippen molar-refractivity contribution < 1.29 is 60.6 Å². The van der Waals surface area contributed by atoms with E-state index in [0.29, 0.717) is 12.1 Å². The average molecular weight is 521 g/mol. The number of halogens is 3. The number of primary amides is 1. The number of carbonyl (C=O) groups excluding carboxylic acids is 3. The molecule has 2 saturated carbocycles. The zero-order chi connectivity index (χ0) is 26.2. The lowest BCUT2D eigenvalue weighted by molar-refractivity contribution is -0.167. The summed E-state index contributed by atoms with van der Waals surface area (Å²) in [6.45, 7) is 0. The van der Waals surface area contributed by atoms with Gasteiger partial charge in [0, 0.05) is 29.9 Å². The predicted octanol–water partition coefficient (Wildman–Crippen LogP) is 0.132. The van der Waals surface area contributed by atoms with E-state index >= 15 is 0 Å². The first-order valence-electron chi connectivity index (χ1n) is 10.1. The highest BCUT2D eigenvalue weighted by Crippen LogP contribution is 2.55. The van der Waals surface area contributed by atoms with Crippen LogP contribution in [0.3, 0.4) is 0 Å². The number of carbonyl (C=O) groups is 3. The number of ketones is 2. The van der Waals surface area contributed by atoms with Crippen LogP contribution in [0, 0.1) is 11.8 Å². The molecule has 0 bridgehead atoms. The van der Waals surface area contributed by atoms with Gasteiger partial charge in [0.15, 0.2) is 11.4 Å². The molecule has 1 aromatic carbocycles. The maximum absolute atomic E-state index is 13.3. The SMILES string of the molecule is NC(=O)C1c2cc(OS(=O)(=O)C(F)(F)F)cc(O)c2C(O)=C2C(=O)C3(O)C(=O)CC(O)CC3CC21. The number of hydrogen-bond acceptors (Lipinski definition) is 10. The molecule has 4 rings (SSSR count). The van der Waals surface area contributed by atoms with Crippen LogP contribution in [0.1, 0.15) is 36.3 Å². The summed E-state index contributed by atoms with van der Waals surface area (Å²) in [5.74, 6) is -10.6. The van der Waals surface area contributed by atoms with Crippen LogP contribution in [-0.2, 0) is 24.5 Å². The molecule has 15 heteroatoms. The molecule has 6 N–H and O–H groups in total. The van der Waals surface area contributed by atoms with Gasteiger partial charge in [-0.15, -0.1) is 0 Å². The van der Waals surface area contributed by atoms with Crippen LogP contribution in [0.5, 0.6) is 11.5 Å². The van der Waals surface area contributed by atoms with Crippen LogP contribution < -0.4 is 9.92 Å². The van der Waals surface area contributed by atoms with Gasteiger partial charge in [-0.25, -0.2) is 0 Å². The number of phenols is 1. The Bertz CT molecular complexity index is 1300. The molecule has 5 unspecified atom stereocenters. The molecular formula is C20H18F3NO10S. The van der Waals surface area contributed by atoms with Gasteiger partial charge in [0.25, 0.3) is 0 Å². The zero-order valence-corrected chi connectivity index (χ0v) is 18.3. The number of amides is 1. The van der Waals surface area contributed by atoms with Crippen LogP contribution in [-0.4, -0.2) is 63.5 Å². The summed E-state index contributed by atoms with van der Waals surface area (Å²) >= 11 is 0. The standard InChI is InChI=1S/C20H18F3NO10S/c21-20(22,23)35(32,33)34-8-4-10-13(18(24)30)9-2-6-1-7(25)3-12(27)19(6,31)17(29)15(9)16(28)14(10)11(26)5-8/h4-7,9,13,25-26,28,31H,1-3H2,(H2,24,30). The van der Waals surface area contributed by atoms with E-state index in [0.717, 1.165) is 0 Å². The Morgan fingerprint density at radius 1 is 1.17 bits per heavy atom. The van der Waals surface area contributed by atoms with Crippen LogP contribution in [0.4, 0.5) is 13.2 Å². The van der Waals surface area contributed by atoms with Crippen molar-refractivity contribution in [1.29, 1.82) is 0 Å². The Balaban J connectivity index is 1.91. The van der Waals surface area contributed by atoms with E-state index < -0.39 is 103 Å². The molecule has 2 fully saturated rings. The third-order valence-corrected chi connectivity index (χ3v) is 7.62. The molecule has 0 radical (unpaired) electrons. The number of alkyl halides is 3. The van der Waals surface area contributed by atoms with Crippen LogP contribution in [0.15, 0.2) is 17.7 Å². The van der Waals surface area contributed by atoms with Crippen molar-refractivity contribution in [2.75, 3.05) is 0 Å². The van der Waals surface area contributed by atoms with E-state index in [-0.39, 0.29) is 12.8 Å². The minimum Gasteiger partial charge on any atom is -0.507 e. The Morgan fingerprint density at radius 3 is 2.37 bits per heavy atom. The van der Waals surface area contributed by atoms with Crippen molar-refractivity contribution in [3.63, 3.8) is 0 Å². The number of aromatic hydroxyl groups is 1. The summed E-state index contributed by atoms with van der Waals surface area (Å²) in [5.41, 5.74) is -4.61. The first kappa shape index (κ1) is 24.9. The third-order valence-electron chi connectivity index (χ3n) is 6.64. The molecule has 1 amide bonds. The van der Waals surface area contributed by atoms with Gasteiger partial charge in [-0.05, 0) is 24.5 Å². The van der Waals surface area contributed by atoms with Crippen LogP contribution in [0.25, 0.3) is 5.76 Å². The molecule has 0 spiro atoms. The van der Waals surface area contributed by atoms with Crippen molar-refractivity contribution in [2.24, 2.45) is 17.6 Å². The van der Waals surface area contributed by atoms with E-state index in [1.807, 2.05) is 0 Å². The number of nitrogens with two attached hydrogens (primary N) is 1. The normalized spacial score (nSPS) is 30.9. The summed E-state index contributed by atoms with van der Waals surface area (Å²) in [5, 5.41) is 42.1. The summed E-state index contributed by atoms with van der Waals surface area (Å²) in [6.07, 6.45) is -2.27. The highest BCUT2D eigenvalue weighted by molar-refractivity contribution is 7.88. The fraction of sp³-hybridized carbons (Fsp3) is 0.450. The quantitative estimate of drug-likeness (QED) is 0.207. The average Bonchev–Trinajstić information content (AvgIpc) is 2.68. The Morgan fingerprint density at radius 2 is 1.80 bits per heavy atom. The van der Waals surface area contributed by atoms with E-state index in [2.05, 4.69) is 4.18 Å². The van der Waals surface area contributed by atoms with Gasteiger partial charge >= 0.3 is 15.6 Å². The van der Waals surface area contributed by atoms with Crippen molar-refractivity contribution in [3.05, 3.63) is 28.8 Å². The Kier molecular flexibility index (Phi) is 5.46. The monoisotopic (exact) mass is 521 g/mol. The lowest BCUT2D eigenvalue weighted by Gasteiger charge is -2.48. The number of rotatable bonds is 3.